The fourth-order valence-corrected chi connectivity index (χ4v) is 1.61. The van der Waals surface area contributed by atoms with Crippen molar-refractivity contribution in [2.75, 3.05) is 14.2 Å². The standard InChI is InChI=1S/C12H11NO8/c1-20-6-3-4-7(8(5-6)13(18)19)10(21-2)9(11(14)15)12(16)17/h3-5H,1-2H3,(H,14,15)(H,16,17). The van der Waals surface area contributed by atoms with Gasteiger partial charge in [-0.25, -0.2) is 9.59 Å². The van der Waals surface area contributed by atoms with Crippen molar-refractivity contribution in [3.8, 4) is 5.75 Å². The van der Waals surface area contributed by atoms with Gasteiger partial charge < -0.3 is 19.7 Å². The van der Waals surface area contributed by atoms with Crippen LogP contribution in [0, 0.1) is 10.1 Å². The lowest BCUT2D eigenvalue weighted by molar-refractivity contribution is -0.385. The summed E-state index contributed by atoms with van der Waals surface area (Å²) in [5.74, 6) is -4.01. The number of nitro groups is 1. The van der Waals surface area contributed by atoms with Crippen molar-refractivity contribution in [3.05, 3.63) is 39.4 Å². The van der Waals surface area contributed by atoms with Crippen LogP contribution in [0.15, 0.2) is 23.8 Å². The number of nitrogens with zero attached hydrogens (tertiary/aromatic N) is 1. The van der Waals surface area contributed by atoms with E-state index in [9.17, 15) is 19.7 Å². The van der Waals surface area contributed by atoms with E-state index in [1.54, 1.807) is 0 Å². The molecule has 0 radical (unpaired) electrons. The van der Waals surface area contributed by atoms with Gasteiger partial charge in [-0.15, -0.1) is 0 Å². The highest BCUT2D eigenvalue weighted by Gasteiger charge is 2.29. The van der Waals surface area contributed by atoms with Crippen molar-refractivity contribution >= 4 is 23.4 Å². The minimum Gasteiger partial charge on any atom is -0.497 e. The van der Waals surface area contributed by atoms with Gasteiger partial charge in [-0.3, -0.25) is 10.1 Å². The number of hydrogen-bond acceptors (Lipinski definition) is 6. The van der Waals surface area contributed by atoms with Gasteiger partial charge in [0.25, 0.3) is 5.69 Å². The molecule has 0 heterocycles. The van der Waals surface area contributed by atoms with Gasteiger partial charge in [0.05, 0.1) is 30.8 Å². The third-order valence-corrected chi connectivity index (χ3v) is 2.51. The smallest absolute Gasteiger partial charge is 0.347 e. The summed E-state index contributed by atoms with van der Waals surface area (Å²) in [7, 11) is 2.32. The molecule has 0 aliphatic carbocycles. The van der Waals surface area contributed by atoms with Gasteiger partial charge in [0.15, 0.2) is 11.3 Å². The summed E-state index contributed by atoms with van der Waals surface area (Å²) in [5.41, 5.74) is -1.92. The minimum atomic E-state index is -1.77. The third kappa shape index (κ3) is 3.26. The van der Waals surface area contributed by atoms with E-state index in [1.165, 1.54) is 13.2 Å². The maximum Gasteiger partial charge on any atom is 0.347 e. The summed E-state index contributed by atoms with van der Waals surface area (Å²) < 4.78 is 9.59. The molecule has 0 atom stereocenters. The van der Waals surface area contributed by atoms with Crippen LogP contribution in [0.2, 0.25) is 0 Å². The largest absolute Gasteiger partial charge is 0.497 e. The number of benzene rings is 1. The molecule has 0 aliphatic rings. The van der Waals surface area contributed by atoms with Crippen molar-refractivity contribution in [1.29, 1.82) is 0 Å². The molecule has 0 aromatic heterocycles. The predicted octanol–water partition coefficient (Wildman–Crippen LogP) is 1.13. The van der Waals surface area contributed by atoms with Crippen LogP contribution in [0.5, 0.6) is 5.75 Å². The topological polar surface area (TPSA) is 136 Å². The lowest BCUT2D eigenvalue weighted by Crippen LogP contribution is -2.15. The molecule has 21 heavy (non-hydrogen) atoms. The summed E-state index contributed by atoms with van der Waals surface area (Å²) in [6.45, 7) is 0. The Morgan fingerprint density at radius 2 is 1.76 bits per heavy atom. The van der Waals surface area contributed by atoms with Crippen LogP contribution in [-0.4, -0.2) is 41.3 Å². The van der Waals surface area contributed by atoms with Crippen LogP contribution in [0.3, 0.4) is 0 Å². The molecule has 0 saturated carbocycles. The Labute approximate surface area is 118 Å². The molecule has 0 fully saturated rings. The van der Waals surface area contributed by atoms with Crippen molar-refractivity contribution < 1.29 is 34.2 Å². The van der Waals surface area contributed by atoms with E-state index in [0.29, 0.717) is 0 Å². The van der Waals surface area contributed by atoms with Crippen LogP contribution < -0.4 is 4.74 Å². The maximum absolute atomic E-state index is 11.0. The van der Waals surface area contributed by atoms with E-state index in [1.807, 2.05) is 0 Å². The van der Waals surface area contributed by atoms with Gasteiger partial charge in [-0.1, -0.05) is 0 Å². The van der Waals surface area contributed by atoms with Crippen molar-refractivity contribution in [2.24, 2.45) is 0 Å². The highest BCUT2D eigenvalue weighted by molar-refractivity contribution is 6.18. The summed E-state index contributed by atoms with van der Waals surface area (Å²) in [4.78, 5) is 32.3. The highest BCUT2D eigenvalue weighted by Crippen LogP contribution is 2.32. The molecular weight excluding hydrogens is 286 g/mol. The quantitative estimate of drug-likeness (QED) is 0.199. The Morgan fingerprint density at radius 1 is 1.19 bits per heavy atom. The minimum absolute atomic E-state index is 0.160. The Bertz CT molecular complexity index is 618. The van der Waals surface area contributed by atoms with E-state index < -0.39 is 33.9 Å². The van der Waals surface area contributed by atoms with Gasteiger partial charge in [0, 0.05) is 0 Å². The molecule has 0 saturated heterocycles. The molecule has 0 spiro atoms. The molecule has 0 amide bonds. The van der Waals surface area contributed by atoms with E-state index in [-0.39, 0.29) is 11.3 Å². The summed E-state index contributed by atoms with van der Waals surface area (Å²) >= 11 is 0. The number of methoxy groups -OCH3 is 2. The molecule has 0 bridgehead atoms. The second kappa shape index (κ2) is 6.37. The molecule has 1 aromatic carbocycles. The van der Waals surface area contributed by atoms with Crippen LogP contribution in [0.25, 0.3) is 5.76 Å². The molecule has 0 unspecified atom stereocenters. The fourth-order valence-electron chi connectivity index (χ4n) is 1.61. The van der Waals surface area contributed by atoms with Gasteiger partial charge >= 0.3 is 11.9 Å². The number of ether oxygens (including phenoxy) is 2. The number of carboxylic acid groups (broad SMARTS) is 2. The lowest BCUT2D eigenvalue weighted by atomic mass is 10.1. The SMILES string of the molecule is COC(=C(C(=O)O)C(=O)O)c1ccc(OC)cc1[N+](=O)[O-]. The Hall–Kier alpha value is -3.10. The number of hydrogen-bond donors (Lipinski definition) is 2. The van der Waals surface area contributed by atoms with Gasteiger partial charge in [0.1, 0.15) is 5.75 Å². The normalized spacial score (nSPS) is 9.62. The molecule has 0 aliphatic heterocycles. The number of carboxylic acids is 2. The van der Waals surface area contributed by atoms with Crippen LogP contribution in [-0.2, 0) is 14.3 Å². The number of rotatable bonds is 6. The fraction of sp³-hybridized carbons (Fsp3) is 0.167. The predicted molar refractivity (Wildman–Crippen MR) is 68.8 cm³/mol. The zero-order valence-corrected chi connectivity index (χ0v) is 11.0. The summed E-state index contributed by atoms with van der Waals surface area (Å²) in [5, 5.41) is 28.9. The average Bonchev–Trinajstić information content (AvgIpc) is 2.42. The molecule has 112 valence electrons. The third-order valence-electron chi connectivity index (χ3n) is 2.51. The van der Waals surface area contributed by atoms with Crippen molar-refractivity contribution in [2.45, 2.75) is 0 Å². The zero-order chi connectivity index (χ0) is 16.2. The van der Waals surface area contributed by atoms with Crippen molar-refractivity contribution in [1.82, 2.24) is 0 Å². The first-order valence-corrected chi connectivity index (χ1v) is 5.41. The molecule has 1 aromatic rings. The molecule has 9 nitrogen and oxygen atoms in total. The van der Waals surface area contributed by atoms with Gasteiger partial charge in [0.2, 0.25) is 0 Å². The van der Waals surface area contributed by atoms with E-state index >= 15 is 0 Å². The molecule has 2 N–H and O–H groups in total. The molecule has 9 heteroatoms. The first kappa shape index (κ1) is 16.0. The Morgan fingerprint density at radius 3 is 2.14 bits per heavy atom. The first-order chi connectivity index (χ1) is 9.83. The van der Waals surface area contributed by atoms with Crippen LogP contribution >= 0.6 is 0 Å². The second-order valence-electron chi connectivity index (χ2n) is 3.66. The van der Waals surface area contributed by atoms with E-state index in [4.69, 9.17) is 19.7 Å². The zero-order valence-electron chi connectivity index (χ0n) is 11.0. The summed E-state index contributed by atoms with van der Waals surface area (Å²) in [6, 6.07) is 3.51. The molecule has 1 rings (SSSR count). The van der Waals surface area contributed by atoms with Crippen LogP contribution in [0.1, 0.15) is 5.56 Å². The first-order valence-electron chi connectivity index (χ1n) is 5.41. The number of nitro benzene ring substituents is 1. The highest BCUT2D eigenvalue weighted by atomic mass is 16.6. The Balaban J connectivity index is 3.69. The lowest BCUT2D eigenvalue weighted by Gasteiger charge is -2.10. The number of carbonyl (C=O) groups is 2. The van der Waals surface area contributed by atoms with E-state index in [0.717, 1.165) is 19.2 Å². The van der Waals surface area contributed by atoms with Crippen molar-refractivity contribution in [3.63, 3.8) is 0 Å². The number of aliphatic carboxylic acids is 2. The average molecular weight is 297 g/mol. The monoisotopic (exact) mass is 297 g/mol. The summed E-state index contributed by atoms with van der Waals surface area (Å²) in [6.07, 6.45) is 0. The molecular formula is C12H11NO8. The van der Waals surface area contributed by atoms with Gasteiger partial charge in [-0.2, -0.15) is 0 Å². The van der Waals surface area contributed by atoms with Crippen LogP contribution in [0.4, 0.5) is 5.69 Å². The Kier molecular flexibility index (Phi) is 4.84. The second-order valence-corrected chi connectivity index (χ2v) is 3.66. The van der Waals surface area contributed by atoms with E-state index in [2.05, 4.69) is 0 Å². The maximum atomic E-state index is 11.0. The van der Waals surface area contributed by atoms with Gasteiger partial charge in [-0.05, 0) is 12.1 Å².